The van der Waals surface area contributed by atoms with Crippen molar-refractivity contribution in [2.75, 3.05) is 18.5 Å². The van der Waals surface area contributed by atoms with Crippen molar-refractivity contribution in [2.45, 2.75) is 38.5 Å². The molecule has 5 nitrogen and oxygen atoms in total. The first-order valence-electron chi connectivity index (χ1n) is 9.37. The normalized spacial score (nSPS) is 14.1. The van der Waals surface area contributed by atoms with E-state index >= 15 is 0 Å². The van der Waals surface area contributed by atoms with Gasteiger partial charge in [-0.15, -0.1) is 11.3 Å². The summed E-state index contributed by atoms with van der Waals surface area (Å²) in [7, 11) is 0. The van der Waals surface area contributed by atoms with Gasteiger partial charge in [-0.1, -0.05) is 6.42 Å². The van der Waals surface area contributed by atoms with Crippen molar-refractivity contribution >= 4 is 27.5 Å². The molecule has 2 aromatic heterocycles. The summed E-state index contributed by atoms with van der Waals surface area (Å²) < 4.78 is 14.9. The highest BCUT2D eigenvalue weighted by Crippen LogP contribution is 2.34. The monoisotopic (exact) mass is 387 g/mol. The molecule has 0 radical (unpaired) electrons. The van der Waals surface area contributed by atoms with Crippen LogP contribution in [-0.2, 0) is 12.8 Å². The van der Waals surface area contributed by atoms with Crippen molar-refractivity contribution in [3.63, 3.8) is 0 Å². The molecule has 3 aromatic rings. The summed E-state index contributed by atoms with van der Waals surface area (Å²) in [6, 6.07) is 5.87. The van der Waals surface area contributed by atoms with Crippen LogP contribution in [0, 0.1) is 5.82 Å². The Hall–Kier alpha value is -2.25. The van der Waals surface area contributed by atoms with Gasteiger partial charge in [-0.2, -0.15) is 0 Å². The van der Waals surface area contributed by atoms with E-state index in [0.717, 1.165) is 36.1 Å². The third-order valence-corrected chi connectivity index (χ3v) is 6.13. The van der Waals surface area contributed by atoms with Crippen molar-refractivity contribution in [3.05, 3.63) is 50.9 Å². The predicted molar refractivity (Wildman–Crippen MR) is 107 cm³/mol. The number of halogens is 1. The molecule has 0 aliphatic heterocycles. The van der Waals surface area contributed by atoms with E-state index in [9.17, 15) is 9.18 Å². The molecule has 2 N–H and O–H groups in total. The number of thiophene rings is 1. The van der Waals surface area contributed by atoms with Crippen LogP contribution in [0.1, 0.15) is 36.1 Å². The average Bonchev–Trinajstić information content (AvgIpc) is 2.85. The molecule has 0 fully saturated rings. The number of nitrogens with one attached hydrogen (secondary N) is 1. The number of fused-ring (bicyclic) bond motifs is 3. The first-order valence-corrected chi connectivity index (χ1v) is 10.2. The number of aliphatic hydroxyl groups excluding tert-OH is 1. The smallest absolute Gasteiger partial charge is 0.268 e. The van der Waals surface area contributed by atoms with Crippen LogP contribution in [0.15, 0.2) is 29.1 Å². The molecule has 27 heavy (non-hydrogen) atoms. The molecule has 0 amide bonds. The summed E-state index contributed by atoms with van der Waals surface area (Å²) in [4.78, 5) is 20.2. The van der Waals surface area contributed by atoms with Gasteiger partial charge in [-0.25, -0.2) is 13.9 Å². The average molecular weight is 387 g/mol. The Labute approximate surface area is 160 Å². The minimum absolute atomic E-state index is 0.0589. The molecule has 0 spiro atoms. The number of anilines is 1. The lowest BCUT2D eigenvalue weighted by Crippen LogP contribution is -2.24. The highest BCUT2D eigenvalue weighted by atomic mass is 32.1. The van der Waals surface area contributed by atoms with Gasteiger partial charge in [0.2, 0.25) is 5.95 Å². The standard InChI is InChI=1S/C20H22FN3O2S/c21-13-7-9-14(10-8-13)24-19(26)17-15-5-2-1-3-6-16(15)27-18(17)23-20(24)22-11-4-12-25/h7-10,25H,1-6,11-12H2,(H,22,23). The van der Waals surface area contributed by atoms with E-state index in [1.54, 1.807) is 23.5 Å². The van der Waals surface area contributed by atoms with Crippen LogP contribution in [0.5, 0.6) is 0 Å². The fourth-order valence-corrected chi connectivity index (χ4v) is 4.86. The molecule has 0 atom stereocenters. The molecule has 1 aliphatic rings. The van der Waals surface area contributed by atoms with Crippen LogP contribution in [-0.4, -0.2) is 27.8 Å². The maximum Gasteiger partial charge on any atom is 0.268 e. The SMILES string of the molecule is O=c1c2c3c(sc2nc(NCCCO)n1-c1ccc(F)cc1)CCCCC3. The second-order valence-electron chi connectivity index (χ2n) is 6.80. The highest BCUT2D eigenvalue weighted by Gasteiger charge is 2.22. The quantitative estimate of drug-likeness (QED) is 0.518. The lowest BCUT2D eigenvalue weighted by molar-refractivity contribution is 0.292. The minimum atomic E-state index is -0.347. The molecule has 0 unspecified atom stereocenters. The molecule has 2 heterocycles. The summed E-state index contributed by atoms with van der Waals surface area (Å²) in [6.07, 6.45) is 5.88. The summed E-state index contributed by atoms with van der Waals surface area (Å²) in [5, 5.41) is 12.9. The van der Waals surface area contributed by atoms with E-state index < -0.39 is 0 Å². The third kappa shape index (κ3) is 3.49. The summed E-state index contributed by atoms with van der Waals surface area (Å²) in [6.45, 7) is 0.560. The summed E-state index contributed by atoms with van der Waals surface area (Å²) >= 11 is 1.61. The van der Waals surface area contributed by atoms with Gasteiger partial charge in [0.05, 0.1) is 11.1 Å². The van der Waals surface area contributed by atoms with Gasteiger partial charge in [-0.3, -0.25) is 4.79 Å². The molecule has 0 bridgehead atoms. The van der Waals surface area contributed by atoms with Gasteiger partial charge in [0.1, 0.15) is 10.6 Å². The Morgan fingerprint density at radius 2 is 1.96 bits per heavy atom. The molecule has 0 saturated carbocycles. The second kappa shape index (κ2) is 7.78. The van der Waals surface area contributed by atoms with Crippen LogP contribution in [0.4, 0.5) is 10.3 Å². The van der Waals surface area contributed by atoms with Crippen LogP contribution < -0.4 is 10.9 Å². The molecule has 4 rings (SSSR count). The van der Waals surface area contributed by atoms with Crippen molar-refractivity contribution < 1.29 is 9.50 Å². The number of aliphatic hydroxyl groups is 1. The van der Waals surface area contributed by atoms with E-state index in [1.165, 1.54) is 28.0 Å². The Morgan fingerprint density at radius 3 is 2.74 bits per heavy atom. The van der Waals surface area contributed by atoms with Crippen LogP contribution in [0.2, 0.25) is 0 Å². The fourth-order valence-electron chi connectivity index (χ4n) is 3.61. The number of hydrogen-bond acceptors (Lipinski definition) is 5. The lowest BCUT2D eigenvalue weighted by atomic mass is 10.1. The van der Waals surface area contributed by atoms with Crippen molar-refractivity contribution in [3.8, 4) is 5.69 Å². The second-order valence-corrected chi connectivity index (χ2v) is 7.88. The molecule has 142 valence electrons. The van der Waals surface area contributed by atoms with Crippen LogP contribution >= 0.6 is 11.3 Å². The lowest BCUT2D eigenvalue weighted by Gasteiger charge is -2.14. The summed E-state index contributed by atoms with van der Waals surface area (Å²) in [5.74, 6) is 0.0870. The van der Waals surface area contributed by atoms with Crippen LogP contribution in [0.3, 0.4) is 0 Å². The first kappa shape index (κ1) is 18.1. The van der Waals surface area contributed by atoms with Gasteiger partial charge < -0.3 is 10.4 Å². The van der Waals surface area contributed by atoms with E-state index in [0.29, 0.717) is 30.0 Å². The zero-order chi connectivity index (χ0) is 18.8. The van der Waals surface area contributed by atoms with Gasteiger partial charge in [-0.05, 0) is 61.9 Å². The van der Waals surface area contributed by atoms with E-state index in [2.05, 4.69) is 5.32 Å². The van der Waals surface area contributed by atoms with E-state index in [1.807, 2.05) is 0 Å². The van der Waals surface area contributed by atoms with Crippen molar-refractivity contribution in [1.29, 1.82) is 0 Å². The fraction of sp³-hybridized carbons (Fsp3) is 0.400. The van der Waals surface area contributed by atoms with Crippen LogP contribution in [0.25, 0.3) is 15.9 Å². The molecule has 1 aromatic carbocycles. The van der Waals surface area contributed by atoms with Crippen molar-refractivity contribution in [2.24, 2.45) is 0 Å². The highest BCUT2D eigenvalue weighted by molar-refractivity contribution is 7.18. The number of rotatable bonds is 5. The zero-order valence-electron chi connectivity index (χ0n) is 15.0. The first-order chi connectivity index (χ1) is 13.2. The maximum absolute atomic E-state index is 13.5. The molecule has 0 saturated heterocycles. The minimum Gasteiger partial charge on any atom is -0.396 e. The van der Waals surface area contributed by atoms with E-state index in [-0.39, 0.29) is 18.0 Å². The van der Waals surface area contributed by atoms with Gasteiger partial charge in [0.15, 0.2) is 0 Å². The van der Waals surface area contributed by atoms with Gasteiger partial charge in [0, 0.05) is 18.0 Å². The van der Waals surface area contributed by atoms with Crippen molar-refractivity contribution in [1.82, 2.24) is 9.55 Å². The van der Waals surface area contributed by atoms with Gasteiger partial charge >= 0.3 is 0 Å². The molecule has 7 heteroatoms. The van der Waals surface area contributed by atoms with E-state index in [4.69, 9.17) is 10.1 Å². The summed E-state index contributed by atoms with van der Waals surface area (Å²) in [5.41, 5.74) is 1.61. The number of nitrogens with zero attached hydrogens (tertiary/aromatic N) is 2. The zero-order valence-corrected chi connectivity index (χ0v) is 15.8. The number of hydrogen-bond donors (Lipinski definition) is 2. The maximum atomic E-state index is 13.5. The Morgan fingerprint density at radius 1 is 1.19 bits per heavy atom. The largest absolute Gasteiger partial charge is 0.396 e. The predicted octanol–water partition coefficient (Wildman–Crippen LogP) is 3.65. The molecular formula is C20H22FN3O2S. The Bertz CT molecular complexity index is 1010. The Balaban J connectivity index is 1.92. The Kier molecular flexibility index (Phi) is 5.22. The number of benzene rings is 1. The van der Waals surface area contributed by atoms with Gasteiger partial charge in [0.25, 0.3) is 5.56 Å². The third-order valence-electron chi connectivity index (χ3n) is 4.94. The topological polar surface area (TPSA) is 67.2 Å². The number of aryl methyl sites for hydroxylation is 2. The number of aromatic nitrogens is 2. The molecule has 1 aliphatic carbocycles. The molecular weight excluding hydrogens is 365 g/mol.